The average molecular weight is 542 g/mol. The minimum Gasteiger partial charge on any atom is -0.466 e. The fourth-order valence-corrected chi connectivity index (χ4v) is 7.03. The SMILES string of the molecule is CCCCCn1c(-c2cccc(S(=O)(=O)N3CCC(C(=O)OCC)CC3)c2)csc1=Nc1ccccc1. The van der Waals surface area contributed by atoms with Gasteiger partial charge in [0.2, 0.25) is 10.0 Å². The Kier molecular flexibility index (Phi) is 9.34. The summed E-state index contributed by atoms with van der Waals surface area (Å²) >= 11 is 1.56. The van der Waals surface area contributed by atoms with Gasteiger partial charge in [0, 0.05) is 30.6 Å². The number of thiazole rings is 1. The molecule has 0 spiro atoms. The molecule has 0 atom stereocenters. The topological polar surface area (TPSA) is 81.0 Å². The van der Waals surface area contributed by atoms with E-state index < -0.39 is 10.0 Å². The highest BCUT2D eigenvalue weighted by Gasteiger charge is 2.33. The number of rotatable bonds is 10. The minimum absolute atomic E-state index is 0.233. The van der Waals surface area contributed by atoms with Crippen molar-refractivity contribution in [2.24, 2.45) is 10.9 Å². The lowest BCUT2D eigenvalue weighted by Crippen LogP contribution is -2.40. The highest BCUT2D eigenvalue weighted by atomic mass is 32.2. The number of sulfonamides is 1. The maximum absolute atomic E-state index is 13.5. The van der Waals surface area contributed by atoms with E-state index in [4.69, 9.17) is 9.73 Å². The van der Waals surface area contributed by atoms with E-state index in [-0.39, 0.29) is 16.8 Å². The Morgan fingerprint density at radius 2 is 1.81 bits per heavy atom. The van der Waals surface area contributed by atoms with Crippen LogP contribution in [0.4, 0.5) is 5.69 Å². The first-order valence-corrected chi connectivity index (χ1v) is 15.3. The fourth-order valence-electron chi connectivity index (χ4n) is 4.56. The highest BCUT2D eigenvalue weighted by molar-refractivity contribution is 7.89. The first kappa shape index (κ1) is 27.3. The van der Waals surface area contributed by atoms with Gasteiger partial charge < -0.3 is 9.30 Å². The van der Waals surface area contributed by atoms with Crippen molar-refractivity contribution in [3.63, 3.8) is 0 Å². The maximum Gasteiger partial charge on any atom is 0.309 e. The second-order valence-corrected chi connectivity index (χ2v) is 11.9. The number of nitrogens with zero attached hydrogens (tertiary/aromatic N) is 3. The number of unbranched alkanes of at least 4 members (excludes halogenated alkanes) is 2. The Hall–Kier alpha value is -2.75. The van der Waals surface area contributed by atoms with Crippen LogP contribution >= 0.6 is 11.3 Å². The zero-order valence-electron chi connectivity index (χ0n) is 21.5. The van der Waals surface area contributed by atoms with Crippen molar-refractivity contribution in [1.29, 1.82) is 0 Å². The van der Waals surface area contributed by atoms with Gasteiger partial charge in [-0.1, -0.05) is 50.1 Å². The third-order valence-electron chi connectivity index (χ3n) is 6.61. The van der Waals surface area contributed by atoms with E-state index in [2.05, 4.69) is 16.9 Å². The van der Waals surface area contributed by atoms with E-state index >= 15 is 0 Å². The monoisotopic (exact) mass is 541 g/mol. The van der Waals surface area contributed by atoms with Crippen LogP contribution in [0.5, 0.6) is 0 Å². The number of piperidine rings is 1. The van der Waals surface area contributed by atoms with Gasteiger partial charge in [-0.3, -0.25) is 4.79 Å². The molecule has 0 amide bonds. The summed E-state index contributed by atoms with van der Waals surface area (Å²) in [4.78, 5) is 18.1. The van der Waals surface area contributed by atoms with Crippen LogP contribution in [0.15, 0.2) is 69.9 Å². The second kappa shape index (κ2) is 12.7. The molecule has 0 unspecified atom stereocenters. The van der Waals surface area contributed by atoms with Crippen molar-refractivity contribution < 1.29 is 17.9 Å². The van der Waals surface area contributed by atoms with E-state index in [1.165, 1.54) is 4.31 Å². The lowest BCUT2D eigenvalue weighted by Gasteiger charge is -2.30. The molecule has 1 saturated heterocycles. The molecule has 7 nitrogen and oxygen atoms in total. The molecule has 0 aliphatic carbocycles. The van der Waals surface area contributed by atoms with Crippen LogP contribution in [0.25, 0.3) is 11.3 Å². The maximum atomic E-state index is 13.5. The third-order valence-corrected chi connectivity index (χ3v) is 9.36. The highest BCUT2D eigenvalue weighted by Crippen LogP contribution is 2.28. The van der Waals surface area contributed by atoms with Crippen LogP contribution in [0.1, 0.15) is 46.0 Å². The standard InChI is InChI=1S/C28H35N3O4S2/c1-3-5-9-17-31-26(21-36-28(31)29-24-12-7-6-8-13-24)23-11-10-14-25(20-23)37(33,34)30-18-15-22(16-19-30)27(32)35-4-2/h6-8,10-14,20-22H,3-5,9,15-19H2,1-2H3. The first-order chi connectivity index (χ1) is 17.9. The molecule has 3 aromatic rings. The van der Waals surface area contributed by atoms with Crippen LogP contribution in [0.3, 0.4) is 0 Å². The molecule has 1 aliphatic rings. The number of esters is 1. The molecule has 4 rings (SSSR count). The summed E-state index contributed by atoms with van der Waals surface area (Å²) in [7, 11) is -3.68. The lowest BCUT2D eigenvalue weighted by atomic mass is 9.98. The lowest BCUT2D eigenvalue weighted by molar-refractivity contribution is -0.149. The molecule has 0 radical (unpaired) electrons. The molecule has 0 bridgehead atoms. The molecule has 1 aliphatic heterocycles. The molecule has 198 valence electrons. The molecule has 1 aromatic heterocycles. The normalized spacial score (nSPS) is 15.7. The number of benzene rings is 2. The van der Waals surface area contributed by atoms with E-state index in [9.17, 15) is 13.2 Å². The van der Waals surface area contributed by atoms with Gasteiger partial charge in [-0.25, -0.2) is 13.4 Å². The average Bonchev–Trinajstić information content (AvgIpc) is 3.32. The Balaban J connectivity index is 1.62. The second-order valence-electron chi connectivity index (χ2n) is 9.17. The quantitative estimate of drug-likeness (QED) is 0.247. The van der Waals surface area contributed by atoms with Gasteiger partial charge in [0.05, 0.1) is 28.8 Å². The molecule has 2 aromatic carbocycles. The van der Waals surface area contributed by atoms with Gasteiger partial charge in [-0.2, -0.15) is 4.31 Å². The Morgan fingerprint density at radius 1 is 1.05 bits per heavy atom. The molecular weight excluding hydrogens is 506 g/mol. The van der Waals surface area contributed by atoms with E-state index in [1.807, 2.05) is 36.4 Å². The predicted molar refractivity (Wildman–Crippen MR) is 147 cm³/mol. The smallest absolute Gasteiger partial charge is 0.309 e. The summed E-state index contributed by atoms with van der Waals surface area (Å²) in [6, 6.07) is 17.0. The summed E-state index contributed by atoms with van der Waals surface area (Å²) in [6.45, 7) is 5.74. The molecule has 37 heavy (non-hydrogen) atoms. The molecule has 9 heteroatoms. The predicted octanol–water partition coefficient (Wildman–Crippen LogP) is 5.60. The number of hydrogen-bond acceptors (Lipinski definition) is 6. The number of aromatic nitrogens is 1. The van der Waals surface area contributed by atoms with Crippen molar-refractivity contribution in [2.45, 2.75) is 57.4 Å². The van der Waals surface area contributed by atoms with Gasteiger partial charge in [0.25, 0.3) is 0 Å². The summed E-state index contributed by atoms with van der Waals surface area (Å²) in [5.74, 6) is -0.472. The molecule has 0 saturated carbocycles. The van der Waals surface area contributed by atoms with Crippen LogP contribution in [-0.4, -0.2) is 43.0 Å². The van der Waals surface area contributed by atoms with Crippen LogP contribution < -0.4 is 4.80 Å². The summed E-state index contributed by atoms with van der Waals surface area (Å²) in [6.07, 6.45) is 4.21. The molecule has 0 N–H and O–H groups in total. The Morgan fingerprint density at radius 3 is 2.51 bits per heavy atom. The summed E-state index contributed by atoms with van der Waals surface area (Å²) in [5.41, 5.74) is 2.71. The molecule has 1 fully saturated rings. The van der Waals surface area contributed by atoms with Crippen LogP contribution in [0, 0.1) is 5.92 Å². The zero-order chi connectivity index (χ0) is 26.3. The summed E-state index contributed by atoms with van der Waals surface area (Å²) in [5, 5.41) is 2.06. The zero-order valence-corrected chi connectivity index (χ0v) is 23.1. The molecular formula is C28H35N3O4S2. The number of carbonyl (C=O) groups excluding carboxylic acids is 1. The number of ether oxygens (including phenoxy) is 1. The number of carbonyl (C=O) groups is 1. The van der Waals surface area contributed by atoms with Gasteiger partial charge in [-0.15, -0.1) is 11.3 Å². The van der Waals surface area contributed by atoms with Crippen molar-refractivity contribution >= 4 is 33.0 Å². The van der Waals surface area contributed by atoms with Crippen LogP contribution in [0.2, 0.25) is 0 Å². The largest absolute Gasteiger partial charge is 0.466 e. The Bertz CT molecular complexity index is 1360. The van der Waals surface area contributed by atoms with Gasteiger partial charge in [0.15, 0.2) is 4.80 Å². The van der Waals surface area contributed by atoms with Gasteiger partial charge in [0.1, 0.15) is 0 Å². The van der Waals surface area contributed by atoms with Crippen molar-refractivity contribution in [2.75, 3.05) is 19.7 Å². The van der Waals surface area contributed by atoms with E-state index in [0.717, 1.165) is 47.6 Å². The van der Waals surface area contributed by atoms with Crippen molar-refractivity contribution in [3.8, 4) is 11.3 Å². The van der Waals surface area contributed by atoms with Gasteiger partial charge in [-0.05, 0) is 50.5 Å². The van der Waals surface area contributed by atoms with Crippen LogP contribution in [-0.2, 0) is 26.1 Å². The first-order valence-electron chi connectivity index (χ1n) is 13.0. The fraction of sp³-hybridized carbons (Fsp3) is 0.429. The third kappa shape index (κ3) is 6.58. The Labute approximate surface area is 223 Å². The van der Waals surface area contributed by atoms with E-state index in [1.54, 1.807) is 36.5 Å². The van der Waals surface area contributed by atoms with Crippen molar-refractivity contribution in [3.05, 3.63) is 64.8 Å². The number of hydrogen-bond donors (Lipinski definition) is 0. The summed E-state index contributed by atoms with van der Waals surface area (Å²) < 4.78 is 35.8. The van der Waals surface area contributed by atoms with E-state index in [0.29, 0.717) is 32.5 Å². The van der Waals surface area contributed by atoms with Crippen molar-refractivity contribution in [1.82, 2.24) is 8.87 Å². The number of para-hydroxylation sites is 1. The van der Waals surface area contributed by atoms with Gasteiger partial charge >= 0.3 is 5.97 Å². The molecule has 2 heterocycles. The minimum atomic E-state index is -3.68.